The van der Waals surface area contributed by atoms with E-state index in [9.17, 15) is 0 Å². The molecule has 1 saturated carbocycles. The van der Waals surface area contributed by atoms with Gasteiger partial charge in [-0.05, 0) is 44.9 Å². The van der Waals surface area contributed by atoms with Crippen LogP contribution in [0.5, 0.6) is 0 Å². The average Bonchev–Trinajstić information content (AvgIpc) is 2.98. The summed E-state index contributed by atoms with van der Waals surface area (Å²) in [5.41, 5.74) is 3.04. The highest BCUT2D eigenvalue weighted by Gasteiger charge is 2.51. The minimum atomic E-state index is 0.412. The molecule has 0 radical (unpaired) electrons. The maximum absolute atomic E-state index is 3.57. The van der Waals surface area contributed by atoms with Crippen molar-refractivity contribution in [3.8, 4) is 0 Å². The summed E-state index contributed by atoms with van der Waals surface area (Å²) in [7, 11) is 0. The Hall–Kier alpha value is -0.700. The Kier molecular flexibility index (Phi) is 2.22. The summed E-state index contributed by atoms with van der Waals surface area (Å²) in [6, 6.07) is 7.12. The lowest BCUT2D eigenvalue weighted by atomic mass is 10.0. The van der Waals surface area contributed by atoms with Gasteiger partial charge in [0.05, 0.1) is 16.9 Å². The van der Waals surface area contributed by atoms with Gasteiger partial charge in [-0.1, -0.05) is 15.9 Å². The van der Waals surface area contributed by atoms with Gasteiger partial charge in [0.25, 0.3) is 0 Å². The van der Waals surface area contributed by atoms with Crippen molar-refractivity contribution in [3.63, 3.8) is 0 Å². The van der Waals surface area contributed by atoms with Crippen molar-refractivity contribution < 1.29 is 0 Å². The molecule has 1 aromatic carbocycles. The summed E-state index contributed by atoms with van der Waals surface area (Å²) >= 11 is 3.53. The maximum Gasteiger partial charge on any atom is 0.0610 e. The number of benzene rings is 1. The van der Waals surface area contributed by atoms with Gasteiger partial charge in [-0.2, -0.15) is 0 Å². The number of hydrogen-bond acceptors (Lipinski definition) is 2. The van der Waals surface area contributed by atoms with Crippen molar-refractivity contribution in [1.29, 1.82) is 0 Å². The molecule has 0 amide bonds. The van der Waals surface area contributed by atoms with Gasteiger partial charge < -0.3 is 10.2 Å². The molecule has 3 rings (SSSR count). The molecule has 3 heteroatoms. The highest BCUT2D eigenvalue weighted by Crippen LogP contribution is 2.50. The van der Waals surface area contributed by atoms with E-state index in [2.05, 4.69) is 58.2 Å². The van der Waals surface area contributed by atoms with Crippen molar-refractivity contribution in [3.05, 3.63) is 22.7 Å². The van der Waals surface area contributed by atoms with E-state index in [1.165, 1.54) is 24.2 Å². The summed E-state index contributed by atoms with van der Waals surface area (Å²) in [4.78, 5) is 2.60. The van der Waals surface area contributed by atoms with Crippen molar-refractivity contribution in [2.45, 2.75) is 38.3 Å². The number of nitrogens with zero attached hydrogens (tertiary/aromatic N) is 1. The Balaban J connectivity index is 2.08. The number of anilines is 2. The van der Waals surface area contributed by atoms with E-state index in [0.717, 1.165) is 11.0 Å². The van der Waals surface area contributed by atoms with E-state index in [1.807, 2.05) is 0 Å². The number of rotatable bonds is 1. The van der Waals surface area contributed by atoms with Crippen LogP contribution in [0.4, 0.5) is 11.4 Å². The Morgan fingerprint density at radius 1 is 1.38 bits per heavy atom. The molecule has 1 fully saturated rings. The van der Waals surface area contributed by atoms with E-state index >= 15 is 0 Å². The Morgan fingerprint density at radius 2 is 2.12 bits per heavy atom. The first-order valence-corrected chi connectivity index (χ1v) is 6.74. The van der Waals surface area contributed by atoms with Crippen LogP contribution < -0.4 is 10.2 Å². The van der Waals surface area contributed by atoms with E-state index in [4.69, 9.17) is 0 Å². The van der Waals surface area contributed by atoms with Crippen LogP contribution >= 0.6 is 15.9 Å². The van der Waals surface area contributed by atoms with Crippen molar-refractivity contribution >= 4 is 27.3 Å². The molecule has 1 spiro atoms. The first-order valence-electron chi connectivity index (χ1n) is 5.95. The summed E-state index contributed by atoms with van der Waals surface area (Å²) in [6.07, 6.45) is 2.65. The fourth-order valence-electron chi connectivity index (χ4n) is 2.85. The van der Waals surface area contributed by atoms with Gasteiger partial charge in [0, 0.05) is 17.1 Å². The molecule has 2 aliphatic rings. The van der Waals surface area contributed by atoms with Gasteiger partial charge in [-0.3, -0.25) is 0 Å². The Bertz CT molecular complexity index is 424. The molecule has 16 heavy (non-hydrogen) atoms. The van der Waals surface area contributed by atoms with Crippen LogP contribution in [0.15, 0.2) is 22.7 Å². The Morgan fingerprint density at radius 3 is 2.75 bits per heavy atom. The minimum Gasteiger partial charge on any atom is -0.381 e. The first kappa shape index (κ1) is 10.5. The topological polar surface area (TPSA) is 15.3 Å². The van der Waals surface area contributed by atoms with Crippen molar-refractivity contribution in [1.82, 2.24) is 0 Å². The quantitative estimate of drug-likeness (QED) is 0.845. The normalized spacial score (nSPS) is 20.9. The molecule has 1 aromatic rings. The van der Waals surface area contributed by atoms with Gasteiger partial charge in [-0.25, -0.2) is 0 Å². The van der Waals surface area contributed by atoms with E-state index in [0.29, 0.717) is 11.6 Å². The fraction of sp³-hybridized carbons (Fsp3) is 0.538. The zero-order chi connectivity index (χ0) is 11.3. The SMILES string of the molecule is CC(C)N1c2ccc(Br)cc2NCC12CC2. The largest absolute Gasteiger partial charge is 0.381 e. The molecule has 2 nitrogen and oxygen atoms in total. The van der Waals surface area contributed by atoms with Crippen LogP contribution in [-0.4, -0.2) is 18.1 Å². The van der Waals surface area contributed by atoms with E-state index < -0.39 is 0 Å². The van der Waals surface area contributed by atoms with Gasteiger partial charge in [-0.15, -0.1) is 0 Å². The smallest absolute Gasteiger partial charge is 0.0610 e. The maximum atomic E-state index is 3.57. The third-order valence-corrected chi connectivity index (χ3v) is 4.17. The molecule has 0 saturated heterocycles. The molecule has 0 atom stereocenters. The van der Waals surface area contributed by atoms with Crippen LogP contribution in [0.3, 0.4) is 0 Å². The summed E-state index contributed by atoms with van der Waals surface area (Å²) in [5.74, 6) is 0. The van der Waals surface area contributed by atoms with Crippen molar-refractivity contribution in [2.75, 3.05) is 16.8 Å². The highest BCUT2D eigenvalue weighted by molar-refractivity contribution is 9.10. The van der Waals surface area contributed by atoms with Gasteiger partial charge >= 0.3 is 0 Å². The zero-order valence-electron chi connectivity index (χ0n) is 9.76. The fourth-order valence-corrected chi connectivity index (χ4v) is 3.21. The molecule has 1 N–H and O–H groups in total. The van der Waals surface area contributed by atoms with Crippen LogP contribution in [0, 0.1) is 0 Å². The number of nitrogens with one attached hydrogen (secondary N) is 1. The molecule has 1 aliphatic heterocycles. The molecule has 0 aromatic heterocycles. The van der Waals surface area contributed by atoms with Crippen LogP contribution in [0.25, 0.3) is 0 Å². The first-order chi connectivity index (χ1) is 7.62. The second-order valence-electron chi connectivity index (χ2n) is 5.20. The number of hydrogen-bond donors (Lipinski definition) is 1. The predicted octanol–water partition coefficient (Wildman–Crippen LogP) is 3.62. The summed E-state index contributed by atoms with van der Waals surface area (Å²) in [5, 5.41) is 3.57. The minimum absolute atomic E-state index is 0.412. The summed E-state index contributed by atoms with van der Waals surface area (Å²) in [6.45, 7) is 5.67. The molecular formula is C13H17BrN2. The van der Waals surface area contributed by atoms with Crippen molar-refractivity contribution in [2.24, 2.45) is 0 Å². The molecule has 1 aliphatic carbocycles. The van der Waals surface area contributed by atoms with E-state index in [-0.39, 0.29) is 0 Å². The average molecular weight is 281 g/mol. The zero-order valence-corrected chi connectivity index (χ0v) is 11.3. The number of halogens is 1. The second kappa shape index (κ2) is 3.39. The predicted molar refractivity (Wildman–Crippen MR) is 72.2 cm³/mol. The molecule has 1 heterocycles. The van der Waals surface area contributed by atoms with Gasteiger partial charge in [0.1, 0.15) is 0 Å². The Labute approximate surface area is 105 Å². The second-order valence-corrected chi connectivity index (χ2v) is 6.12. The third kappa shape index (κ3) is 1.45. The standard InChI is InChI=1S/C13H17BrN2/c1-9(2)16-12-4-3-10(14)7-11(12)15-8-13(16)5-6-13/h3-4,7,9,15H,5-6,8H2,1-2H3. The highest BCUT2D eigenvalue weighted by atomic mass is 79.9. The number of fused-ring (bicyclic) bond motifs is 1. The lowest BCUT2D eigenvalue weighted by Crippen LogP contribution is -2.49. The van der Waals surface area contributed by atoms with Crippen LogP contribution in [0.2, 0.25) is 0 Å². The molecular weight excluding hydrogens is 264 g/mol. The molecule has 86 valence electrons. The monoisotopic (exact) mass is 280 g/mol. The van der Waals surface area contributed by atoms with Gasteiger partial charge in [0.2, 0.25) is 0 Å². The third-order valence-electron chi connectivity index (χ3n) is 3.68. The van der Waals surface area contributed by atoms with Gasteiger partial charge in [0.15, 0.2) is 0 Å². The molecule has 0 unspecified atom stereocenters. The summed E-state index contributed by atoms with van der Waals surface area (Å²) < 4.78 is 1.15. The lowest BCUT2D eigenvalue weighted by Gasteiger charge is -2.43. The van der Waals surface area contributed by atoms with E-state index in [1.54, 1.807) is 0 Å². The van der Waals surface area contributed by atoms with Crippen LogP contribution in [-0.2, 0) is 0 Å². The molecule has 0 bridgehead atoms. The van der Waals surface area contributed by atoms with Crippen LogP contribution in [0.1, 0.15) is 26.7 Å². The lowest BCUT2D eigenvalue weighted by molar-refractivity contribution is 0.538.